The Morgan fingerprint density at radius 1 is 1.10 bits per heavy atom. The number of nitrogens with one attached hydrogen (secondary N) is 1. The van der Waals surface area contributed by atoms with Gasteiger partial charge in [0.1, 0.15) is 42.0 Å². The third kappa shape index (κ3) is 5.74. The van der Waals surface area contributed by atoms with E-state index in [1.807, 2.05) is 6.92 Å². The molecule has 0 atom stereocenters. The van der Waals surface area contributed by atoms with Crippen LogP contribution in [0.1, 0.15) is 6.92 Å². The number of rotatable bonds is 9. The van der Waals surface area contributed by atoms with Crippen molar-refractivity contribution in [2.45, 2.75) is 13.5 Å². The van der Waals surface area contributed by atoms with Crippen LogP contribution in [0, 0.1) is 11.6 Å². The maximum absolute atomic E-state index is 13.8. The fourth-order valence-electron chi connectivity index (χ4n) is 2.55. The number of halogens is 2. The van der Waals surface area contributed by atoms with Gasteiger partial charge in [-0.1, -0.05) is 5.21 Å². The summed E-state index contributed by atoms with van der Waals surface area (Å²) in [4.78, 5) is 12.0. The van der Waals surface area contributed by atoms with E-state index in [1.165, 1.54) is 10.9 Å². The SMILES string of the molecule is CCOc1ccc(OCCNC(=O)Cn2cc(-c3cc(F)ccc3F)nn2)cc1. The van der Waals surface area contributed by atoms with E-state index in [0.29, 0.717) is 18.9 Å². The number of benzene rings is 2. The Kier molecular flexibility index (Phi) is 6.72. The maximum Gasteiger partial charge on any atom is 0.241 e. The van der Waals surface area contributed by atoms with Gasteiger partial charge in [-0.3, -0.25) is 4.79 Å². The molecule has 1 heterocycles. The first-order chi connectivity index (χ1) is 14.0. The Morgan fingerprint density at radius 3 is 2.55 bits per heavy atom. The molecule has 2 aromatic carbocycles. The molecule has 0 unspecified atom stereocenters. The van der Waals surface area contributed by atoms with Gasteiger partial charge in [-0.15, -0.1) is 5.10 Å². The van der Waals surface area contributed by atoms with E-state index >= 15 is 0 Å². The topological polar surface area (TPSA) is 78.3 Å². The smallest absolute Gasteiger partial charge is 0.241 e. The molecule has 0 spiro atoms. The minimum atomic E-state index is -0.616. The summed E-state index contributed by atoms with van der Waals surface area (Å²) in [5, 5.41) is 10.3. The van der Waals surface area contributed by atoms with Gasteiger partial charge in [-0.05, 0) is 49.4 Å². The van der Waals surface area contributed by atoms with Crippen LogP contribution in [0.2, 0.25) is 0 Å². The summed E-state index contributed by atoms with van der Waals surface area (Å²) >= 11 is 0. The van der Waals surface area contributed by atoms with E-state index in [0.717, 1.165) is 23.9 Å². The summed E-state index contributed by atoms with van der Waals surface area (Å²) in [6.45, 7) is 2.99. The standard InChI is InChI=1S/C20H20F2N4O3/c1-2-28-15-4-6-16(7-5-15)29-10-9-23-20(27)13-26-12-19(24-25-26)17-11-14(21)3-8-18(17)22/h3-8,11-12H,2,9-10,13H2,1H3,(H,23,27). The zero-order valence-corrected chi connectivity index (χ0v) is 15.8. The molecule has 0 saturated carbocycles. The first-order valence-electron chi connectivity index (χ1n) is 9.03. The van der Waals surface area contributed by atoms with Gasteiger partial charge in [0.2, 0.25) is 5.91 Å². The first kappa shape index (κ1) is 20.2. The van der Waals surface area contributed by atoms with Gasteiger partial charge in [0, 0.05) is 5.56 Å². The van der Waals surface area contributed by atoms with Gasteiger partial charge in [-0.25, -0.2) is 13.5 Å². The average Bonchev–Trinajstić information content (AvgIpc) is 3.17. The van der Waals surface area contributed by atoms with Crippen LogP contribution in [-0.2, 0) is 11.3 Å². The molecule has 0 aliphatic rings. The summed E-state index contributed by atoms with van der Waals surface area (Å²) in [5.41, 5.74) is 0.133. The molecule has 29 heavy (non-hydrogen) atoms. The molecule has 1 aromatic heterocycles. The number of aromatic nitrogens is 3. The quantitative estimate of drug-likeness (QED) is 0.557. The van der Waals surface area contributed by atoms with E-state index in [2.05, 4.69) is 15.6 Å². The summed E-state index contributed by atoms with van der Waals surface area (Å²) in [6, 6.07) is 10.3. The van der Waals surface area contributed by atoms with Crippen LogP contribution >= 0.6 is 0 Å². The third-order valence-electron chi connectivity index (χ3n) is 3.88. The van der Waals surface area contributed by atoms with Crippen molar-refractivity contribution in [1.82, 2.24) is 20.3 Å². The number of carbonyl (C=O) groups excluding carboxylic acids is 1. The lowest BCUT2D eigenvalue weighted by atomic mass is 10.1. The van der Waals surface area contributed by atoms with Crippen LogP contribution in [0.5, 0.6) is 11.5 Å². The number of amides is 1. The molecule has 9 heteroatoms. The molecule has 0 saturated heterocycles. The summed E-state index contributed by atoms with van der Waals surface area (Å²) in [7, 11) is 0. The van der Waals surface area contributed by atoms with Crippen molar-refractivity contribution in [3.8, 4) is 22.8 Å². The highest BCUT2D eigenvalue weighted by atomic mass is 19.1. The molecule has 7 nitrogen and oxygen atoms in total. The molecule has 3 aromatic rings. The minimum Gasteiger partial charge on any atom is -0.494 e. The van der Waals surface area contributed by atoms with Crippen molar-refractivity contribution >= 4 is 5.91 Å². The Hall–Kier alpha value is -3.49. The minimum absolute atomic E-state index is 0.0135. The molecule has 0 aliphatic heterocycles. The van der Waals surface area contributed by atoms with Crippen molar-refractivity contribution in [3.63, 3.8) is 0 Å². The molecule has 0 aliphatic carbocycles. The van der Waals surface area contributed by atoms with E-state index in [1.54, 1.807) is 24.3 Å². The lowest BCUT2D eigenvalue weighted by molar-refractivity contribution is -0.121. The van der Waals surface area contributed by atoms with E-state index in [9.17, 15) is 13.6 Å². The summed E-state index contributed by atoms with van der Waals surface area (Å²) in [6.07, 6.45) is 1.38. The number of ether oxygens (including phenoxy) is 2. The van der Waals surface area contributed by atoms with Gasteiger partial charge >= 0.3 is 0 Å². The molecular formula is C20H20F2N4O3. The second-order valence-corrected chi connectivity index (χ2v) is 6.03. The first-order valence-corrected chi connectivity index (χ1v) is 9.03. The van der Waals surface area contributed by atoms with Crippen LogP contribution in [0.3, 0.4) is 0 Å². The largest absolute Gasteiger partial charge is 0.494 e. The van der Waals surface area contributed by atoms with Gasteiger partial charge < -0.3 is 14.8 Å². The lowest BCUT2D eigenvalue weighted by Gasteiger charge is -2.08. The van der Waals surface area contributed by atoms with Crippen molar-refractivity contribution < 1.29 is 23.0 Å². The monoisotopic (exact) mass is 402 g/mol. The average molecular weight is 402 g/mol. The van der Waals surface area contributed by atoms with E-state index in [-0.39, 0.29) is 30.3 Å². The van der Waals surface area contributed by atoms with Crippen LogP contribution in [0.15, 0.2) is 48.7 Å². The van der Waals surface area contributed by atoms with Crippen molar-refractivity contribution in [1.29, 1.82) is 0 Å². The predicted molar refractivity (Wildman–Crippen MR) is 101 cm³/mol. The molecule has 3 rings (SSSR count). The fourth-order valence-corrected chi connectivity index (χ4v) is 2.55. The molecule has 0 bridgehead atoms. The fraction of sp³-hybridized carbons (Fsp3) is 0.250. The summed E-state index contributed by atoms with van der Waals surface area (Å²) in [5.74, 6) is -0.0776. The van der Waals surface area contributed by atoms with Crippen molar-refractivity contribution in [2.75, 3.05) is 19.8 Å². The van der Waals surface area contributed by atoms with Crippen molar-refractivity contribution in [3.05, 3.63) is 60.3 Å². The van der Waals surface area contributed by atoms with Crippen molar-refractivity contribution in [2.24, 2.45) is 0 Å². The second kappa shape index (κ2) is 9.63. The zero-order valence-electron chi connectivity index (χ0n) is 15.8. The molecule has 1 amide bonds. The van der Waals surface area contributed by atoms with Crippen LogP contribution in [0.25, 0.3) is 11.3 Å². The number of nitrogens with zero attached hydrogens (tertiary/aromatic N) is 3. The zero-order chi connectivity index (χ0) is 20.6. The van der Waals surface area contributed by atoms with Crippen LogP contribution in [-0.4, -0.2) is 40.7 Å². The maximum atomic E-state index is 13.8. The molecule has 1 N–H and O–H groups in total. The third-order valence-corrected chi connectivity index (χ3v) is 3.88. The Bertz CT molecular complexity index is 961. The van der Waals surface area contributed by atoms with Crippen LogP contribution < -0.4 is 14.8 Å². The highest BCUT2D eigenvalue weighted by molar-refractivity contribution is 5.75. The Morgan fingerprint density at radius 2 is 1.83 bits per heavy atom. The molecule has 0 radical (unpaired) electrons. The van der Waals surface area contributed by atoms with Gasteiger partial charge in [-0.2, -0.15) is 0 Å². The number of hydrogen-bond donors (Lipinski definition) is 1. The summed E-state index contributed by atoms with van der Waals surface area (Å²) < 4.78 is 39.2. The number of hydrogen-bond acceptors (Lipinski definition) is 5. The highest BCUT2D eigenvalue weighted by Crippen LogP contribution is 2.21. The van der Waals surface area contributed by atoms with E-state index in [4.69, 9.17) is 9.47 Å². The predicted octanol–water partition coefficient (Wildman–Crippen LogP) is 2.82. The molecular weight excluding hydrogens is 382 g/mol. The van der Waals surface area contributed by atoms with Gasteiger partial charge in [0.15, 0.2) is 0 Å². The molecule has 0 fully saturated rings. The Labute approximate surface area is 166 Å². The Balaban J connectivity index is 1.44. The highest BCUT2D eigenvalue weighted by Gasteiger charge is 2.12. The second-order valence-electron chi connectivity index (χ2n) is 6.03. The lowest BCUT2D eigenvalue weighted by Crippen LogP contribution is -2.31. The van der Waals surface area contributed by atoms with Gasteiger partial charge in [0.25, 0.3) is 0 Å². The van der Waals surface area contributed by atoms with Gasteiger partial charge in [0.05, 0.1) is 19.3 Å². The molecule has 152 valence electrons. The number of carbonyl (C=O) groups is 1. The normalized spacial score (nSPS) is 10.6. The van der Waals surface area contributed by atoms with E-state index < -0.39 is 11.6 Å². The van der Waals surface area contributed by atoms with Crippen LogP contribution in [0.4, 0.5) is 8.78 Å².